The fourth-order valence-electron chi connectivity index (χ4n) is 5.34. The molecule has 1 unspecified atom stereocenters. The van der Waals surface area contributed by atoms with E-state index < -0.39 is 12.1 Å². The van der Waals surface area contributed by atoms with Crippen molar-refractivity contribution in [1.82, 2.24) is 25.4 Å². The van der Waals surface area contributed by atoms with Crippen molar-refractivity contribution in [1.29, 1.82) is 0 Å². The first kappa shape index (κ1) is 43.5. The van der Waals surface area contributed by atoms with Gasteiger partial charge in [-0.25, -0.2) is 4.79 Å². The summed E-state index contributed by atoms with van der Waals surface area (Å²) in [4.78, 5) is 28.5. The molecule has 0 aliphatic carbocycles. The van der Waals surface area contributed by atoms with Gasteiger partial charge in [0.05, 0.1) is 117 Å². The number of hydrogen-bond donors (Lipinski definition) is 3. The first-order valence-corrected chi connectivity index (χ1v) is 18.5. The van der Waals surface area contributed by atoms with Gasteiger partial charge in [-0.1, -0.05) is 23.7 Å². The van der Waals surface area contributed by atoms with Gasteiger partial charge in [-0.3, -0.25) is 14.4 Å². The molecular weight excluding hydrogens is 740 g/mol. The summed E-state index contributed by atoms with van der Waals surface area (Å²) < 4.78 is 45.6. The number of carbonyl (C=O) groups is 2. The van der Waals surface area contributed by atoms with E-state index in [1.165, 1.54) is 0 Å². The van der Waals surface area contributed by atoms with Crippen molar-refractivity contribution in [2.75, 3.05) is 113 Å². The molecule has 4 rings (SSSR count). The summed E-state index contributed by atoms with van der Waals surface area (Å²) in [6, 6.07) is 12.6. The quantitative estimate of drug-likeness (QED) is 0.0910. The third kappa shape index (κ3) is 15.5. The zero-order valence-corrected chi connectivity index (χ0v) is 32.1. The van der Waals surface area contributed by atoms with Crippen LogP contribution in [0.3, 0.4) is 0 Å². The third-order valence-corrected chi connectivity index (χ3v) is 8.20. The van der Waals surface area contributed by atoms with E-state index in [9.17, 15) is 9.59 Å². The zero-order valence-electron chi connectivity index (χ0n) is 31.3. The molecule has 17 nitrogen and oxygen atoms in total. The molecule has 2 heterocycles. The van der Waals surface area contributed by atoms with Crippen LogP contribution in [0.15, 0.2) is 47.5 Å². The number of fused-ring (bicyclic) bond motifs is 3. The minimum Gasteiger partial charge on any atom is -0.497 e. The maximum atomic E-state index is 13.1. The van der Waals surface area contributed by atoms with Crippen LogP contribution in [0.25, 0.3) is 5.69 Å². The standard InChI is InChI=1S/C37H51ClN6O11/c1-27-42-43-36-32(41-35(28-3-5-29(38)6-4-28)31-25-30(48-2)7-8-33(31)44(27)36)26-34(45)39-9-11-49-13-15-51-17-19-53-21-23-55-24-22-54-20-18-52-16-14-50-12-10-40-37(46)47/h3-8,25,32,40H,9-24,26H2,1-2H3,(H,39,45)(H,46,47). The topological polar surface area (TPSA) is 195 Å². The van der Waals surface area contributed by atoms with Crippen molar-refractivity contribution < 1.29 is 52.6 Å². The molecule has 0 saturated heterocycles. The maximum Gasteiger partial charge on any atom is 0.404 e. The van der Waals surface area contributed by atoms with Gasteiger partial charge in [0, 0.05) is 29.2 Å². The average Bonchev–Trinajstić information content (AvgIpc) is 3.50. The van der Waals surface area contributed by atoms with E-state index >= 15 is 0 Å². The van der Waals surface area contributed by atoms with E-state index in [0.717, 1.165) is 16.8 Å². The summed E-state index contributed by atoms with van der Waals surface area (Å²) in [5, 5.41) is 22.9. The Bertz CT molecular complexity index is 1630. The number of amides is 2. The zero-order chi connectivity index (χ0) is 39.1. The lowest BCUT2D eigenvalue weighted by atomic mass is 10.00. The van der Waals surface area contributed by atoms with Gasteiger partial charge < -0.3 is 53.6 Å². The van der Waals surface area contributed by atoms with Crippen LogP contribution in [-0.4, -0.2) is 150 Å². The average molecular weight is 791 g/mol. The number of halogens is 1. The third-order valence-electron chi connectivity index (χ3n) is 7.95. The van der Waals surface area contributed by atoms with E-state index in [2.05, 4.69) is 20.8 Å². The van der Waals surface area contributed by atoms with Crippen molar-refractivity contribution in [3.05, 3.63) is 70.3 Å². The molecule has 0 fully saturated rings. The molecule has 3 aromatic rings. The number of aromatic nitrogens is 3. The first-order valence-electron chi connectivity index (χ1n) is 18.1. The summed E-state index contributed by atoms with van der Waals surface area (Å²) in [5.41, 5.74) is 3.22. The molecule has 0 spiro atoms. The Morgan fingerprint density at radius 3 is 1.75 bits per heavy atom. The number of ether oxygens (including phenoxy) is 8. The van der Waals surface area contributed by atoms with Crippen molar-refractivity contribution >= 4 is 29.3 Å². The van der Waals surface area contributed by atoms with E-state index in [4.69, 9.17) is 59.6 Å². The number of nitrogens with one attached hydrogen (secondary N) is 2. The van der Waals surface area contributed by atoms with Crippen molar-refractivity contribution in [3.63, 3.8) is 0 Å². The second-order valence-corrected chi connectivity index (χ2v) is 12.3. The van der Waals surface area contributed by atoms with Crippen LogP contribution in [0.1, 0.15) is 35.2 Å². The highest BCUT2D eigenvalue weighted by molar-refractivity contribution is 6.30. The van der Waals surface area contributed by atoms with E-state index in [0.29, 0.717) is 127 Å². The number of hydrogen-bond acceptors (Lipinski definition) is 13. The van der Waals surface area contributed by atoms with Crippen molar-refractivity contribution in [3.8, 4) is 11.4 Å². The summed E-state index contributed by atoms with van der Waals surface area (Å²) in [7, 11) is 1.62. The Morgan fingerprint density at radius 1 is 0.727 bits per heavy atom. The van der Waals surface area contributed by atoms with Gasteiger partial charge in [0.15, 0.2) is 5.82 Å². The van der Waals surface area contributed by atoms with Gasteiger partial charge in [-0.2, -0.15) is 0 Å². The molecule has 18 heteroatoms. The van der Waals surface area contributed by atoms with Crippen LogP contribution < -0.4 is 15.4 Å². The van der Waals surface area contributed by atoms with Gasteiger partial charge in [-0.05, 0) is 37.3 Å². The monoisotopic (exact) mass is 790 g/mol. The van der Waals surface area contributed by atoms with Crippen LogP contribution in [0.2, 0.25) is 5.02 Å². The number of methoxy groups -OCH3 is 1. The smallest absolute Gasteiger partial charge is 0.404 e. The van der Waals surface area contributed by atoms with E-state index in [1.807, 2.05) is 54.0 Å². The molecule has 302 valence electrons. The van der Waals surface area contributed by atoms with Gasteiger partial charge >= 0.3 is 6.09 Å². The number of nitrogens with zero attached hydrogens (tertiary/aromatic N) is 4. The lowest BCUT2D eigenvalue weighted by Crippen LogP contribution is -2.29. The second-order valence-electron chi connectivity index (χ2n) is 11.9. The molecular formula is C37H51ClN6O11. The molecule has 1 aromatic heterocycles. The first-order chi connectivity index (χ1) is 26.9. The number of benzene rings is 2. The summed E-state index contributed by atoms with van der Waals surface area (Å²) >= 11 is 6.19. The maximum absolute atomic E-state index is 13.1. The lowest BCUT2D eigenvalue weighted by Gasteiger charge is -2.14. The predicted octanol–water partition coefficient (Wildman–Crippen LogP) is 3.02. The summed E-state index contributed by atoms with van der Waals surface area (Å²) in [6.45, 7) is 8.17. The van der Waals surface area contributed by atoms with Gasteiger partial charge in [-0.15, -0.1) is 10.2 Å². The molecule has 2 aromatic carbocycles. The fraction of sp³-hybridized carbons (Fsp3) is 0.541. The number of carbonyl (C=O) groups excluding carboxylic acids is 1. The Kier molecular flexibility index (Phi) is 19.8. The fourth-order valence-corrected chi connectivity index (χ4v) is 5.46. The van der Waals surface area contributed by atoms with Gasteiger partial charge in [0.1, 0.15) is 17.6 Å². The minimum absolute atomic E-state index is 0.0641. The molecule has 0 radical (unpaired) electrons. The van der Waals surface area contributed by atoms with E-state index in [-0.39, 0.29) is 18.9 Å². The molecule has 1 aliphatic heterocycles. The normalized spacial score (nSPS) is 13.4. The molecule has 0 bridgehead atoms. The van der Waals surface area contributed by atoms with Crippen LogP contribution in [0.4, 0.5) is 4.79 Å². The van der Waals surface area contributed by atoms with Crippen LogP contribution in [0, 0.1) is 6.92 Å². The van der Waals surface area contributed by atoms with Crippen molar-refractivity contribution in [2.45, 2.75) is 19.4 Å². The highest BCUT2D eigenvalue weighted by Crippen LogP contribution is 2.34. The molecule has 1 aliphatic rings. The predicted molar refractivity (Wildman–Crippen MR) is 202 cm³/mol. The van der Waals surface area contributed by atoms with E-state index in [1.54, 1.807) is 7.11 Å². The molecule has 55 heavy (non-hydrogen) atoms. The highest BCUT2D eigenvalue weighted by Gasteiger charge is 2.30. The Labute approximate surface area is 325 Å². The lowest BCUT2D eigenvalue weighted by molar-refractivity contribution is -0.121. The molecule has 2 amide bonds. The van der Waals surface area contributed by atoms with Crippen molar-refractivity contribution in [2.24, 2.45) is 4.99 Å². The second kappa shape index (κ2) is 25.1. The molecule has 3 N–H and O–H groups in total. The van der Waals surface area contributed by atoms with Gasteiger partial charge in [0.2, 0.25) is 5.91 Å². The number of rotatable bonds is 28. The number of aliphatic imine (C=N–C) groups is 1. The van der Waals surface area contributed by atoms with Crippen LogP contribution >= 0.6 is 11.6 Å². The number of aryl methyl sites for hydroxylation is 1. The SMILES string of the molecule is COc1ccc2c(c1)C(c1ccc(Cl)cc1)=NC(CC(=O)NCCOCCOCCOCCOCCOCCOCCOCCNC(=O)O)c1nnc(C)n1-2. The van der Waals surface area contributed by atoms with Crippen LogP contribution in [-0.2, 0) is 38.0 Å². The Hall–Kier alpha value is -4.20. The minimum atomic E-state index is -1.07. The van der Waals surface area contributed by atoms with Crippen LogP contribution in [0.5, 0.6) is 5.75 Å². The van der Waals surface area contributed by atoms with Gasteiger partial charge in [0.25, 0.3) is 0 Å². The Balaban J connectivity index is 1.03. The molecule has 0 saturated carbocycles. The highest BCUT2D eigenvalue weighted by atomic mass is 35.5. The summed E-state index contributed by atoms with van der Waals surface area (Å²) in [6.07, 6.45) is -1.01. The number of carboxylic acid groups (broad SMARTS) is 1. The molecule has 1 atom stereocenters. The largest absolute Gasteiger partial charge is 0.497 e. The summed E-state index contributed by atoms with van der Waals surface area (Å²) in [5.74, 6) is 1.74. The Morgan fingerprint density at radius 2 is 1.24 bits per heavy atom.